The Labute approximate surface area is 358 Å². The number of hydrogen-bond acceptors (Lipinski definition) is 3. The average molecular weight is 791 g/mol. The molecule has 11 rings (SSSR count). The standard InChI is InChI=1S/C57H50N4/c1-56(2)27-28-57(3,4)50-36-52-48(35-49(50)56)47-33-40-23-14-15-24-41(40)34-51(47)61(52)46-26-16-25-42(32-46)54-58-53(39-21-12-7-13-22-39)59-55(60-54)45-30-43(37-17-8-5-9-18-37)29-44(31-45)38-19-10-6-11-20-38/h5-19,21-26,29-36,38,54H,20,27-28H2,1-4H3,(H,58,59,60). The van der Waals surface area contributed by atoms with Crippen molar-refractivity contribution >= 4 is 44.2 Å². The van der Waals surface area contributed by atoms with Gasteiger partial charge in [-0.25, -0.2) is 9.98 Å². The molecular weight excluding hydrogens is 741 g/mol. The minimum atomic E-state index is -0.370. The van der Waals surface area contributed by atoms with Crippen molar-refractivity contribution in [2.24, 2.45) is 9.98 Å². The quantitative estimate of drug-likeness (QED) is 0.179. The van der Waals surface area contributed by atoms with Gasteiger partial charge in [0.1, 0.15) is 12.0 Å². The van der Waals surface area contributed by atoms with Crippen molar-refractivity contribution in [1.29, 1.82) is 0 Å². The van der Waals surface area contributed by atoms with Crippen LogP contribution in [0.25, 0.3) is 49.4 Å². The fraction of sp³-hybridized carbons (Fsp3) is 0.193. The van der Waals surface area contributed by atoms with Gasteiger partial charge in [0.05, 0.1) is 11.0 Å². The summed E-state index contributed by atoms with van der Waals surface area (Å²) in [5, 5.41) is 8.94. The van der Waals surface area contributed by atoms with Crippen LogP contribution in [-0.2, 0) is 10.8 Å². The van der Waals surface area contributed by atoms with E-state index < -0.39 is 0 Å². The van der Waals surface area contributed by atoms with E-state index in [2.05, 4.69) is 207 Å². The summed E-state index contributed by atoms with van der Waals surface area (Å²) in [4.78, 5) is 10.6. The maximum Gasteiger partial charge on any atom is 0.159 e. The number of amidine groups is 2. The van der Waals surface area contributed by atoms with Crippen molar-refractivity contribution in [3.8, 4) is 16.8 Å². The SMILES string of the molecule is CC1(C)CCC(C)(C)c2cc3c(cc21)c1cc2ccccc2cc1n3-c1cccc(C2N=C(c3ccccc3)N=C(c3cc(-c4ccccc4)cc(C4C=CC=CC4)c3)N2)c1. The van der Waals surface area contributed by atoms with Crippen molar-refractivity contribution < 1.29 is 0 Å². The van der Waals surface area contributed by atoms with Gasteiger partial charge in [0.2, 0.25) is 0 Å². The van der Waals surface area contributed by atoms with Crippen LogP contribution in [0.4, 0.5) is 0 Å². The van der Waals surface area contributed by atoms with Gasteiger partial charge in [-0.2, -0.15) is 0 Å². The number of benzene rings is 7. The Morgan fingerprint density at radius 1 is 0.557 bits per heavy atom. The van der Waals surface area contributed by atoms with Crippen molar-refractivity contribution in [1.82, 2.24) is 9.88 Å². The molecule has 2 heterocycles. The first-order chi connectivity index (χ1) is 29.7. The van der Waals surface area contributed by atoms with E-state index >= 15 is 0 Å². The van der Waals surface area contributed by atoms with Crippen LogP contribution in [0, 0.1) is 0 Å². The van der Waals surface area contributed by atoms with Gasteiger partial charge in [0, 0.05) is 33.5 Å². The zero-order chi connectivity index (χ0) is 41.3. The average Bonchev–Trinajstić information content (AvgIpc) is 3.62. The second-order valence-corrected chi connectivity index (χ2v) is 18.5. The molecular formula is C57H50N4. The van der Waals surface area contributed by atoms with Gasteiger partial charge < -0.3 is 9.88 Å². The topological polar surface area (TPSA) is 41.7 Å². The molecule has 4 nitrogen and oxygen atoms in total. The Bertz CT molecular complexity index is 3140. The lowest BCUT2D eigenvalue weighted by Gasteiger charge is -2.42. The second-order valence-electron chi connectivity index (χ2n) is 18.5. The molecule has 4 heteroatoms. The van der Waals surface area contributed by atoms with E-state index in [-0.39, 0.29) is 22.9 Å². The minimum Gasteiger partial charge on any atom is -0.344 e. The third-order valence-corrected chi connectivity index (χ3v) is 13.6. The zero-order valence-electron chi connectivity index (χ0n) is 35.4. The highest BCUT2D eigenvalue weighted by molar-refractivity contribution is 6.15. The molecule has 2 aliphatic carbocycles. The number of nitrogens with zero attached hydrogens (tertiary/aromatic N) is 3. The number of hydrogen-bond donors (Lipinski definition) is 1. The van der Waals surface area contributed by atoms with E-state index in [0.717, 1.165) is 40.5 Å². The predicted octanol–water partition coefficient (Wildman–Crippen LogP) is 14.0. The van der Waals surface area contributed by atoms with Gasteiger partial charge in [-0.3, -0.25) is 0 Å². The Morgan fingerprint density at radius 2 is 1.21 bits per heavy atom. The van der Waals surface area contributed by atoms with Gasteiger partial charge >= 0.3 is 0 Å². The van der Waals surface area contributed by atoms with Crippen LogP contribution >= 0.6 is 0 Å². The Kier molecular flexibility index (Phi) is 8.82. The lowest BCUT2D eigenvalue weighted by Crippen LogP contribution is -2.34. The lowest BCUT2D eigenvalue weighted by molar-refractivity contribution is 0.332. The van der Waals surface area contributed by atoms with Gasteiger partial charge in [-0.15, -0.1) is 0 Å². The van der Waals surface area contributed by atoms with E-state index in [4.69, 9.17) is 9.98 Å². The molecule has 61 heavy (non-hydrogen) atoms. The van der Waals surface area contributed by atoms with Crippen molar-refractivity contribution in [2.75, 3.05) is 0 Å². The molecule has 1 aromatic heterocycles. The molecule has 298 valence electrons. The summed E-state index contributed by atoms with van der Waals surface area (Å²) in [7, 11) is 0. The van der Waals surface area contributed by atoms with Crippen molar-refractivity contribution in [3.05, 3.63) is 209 Å². The second kappa shape index (κ2) is 14.4. The molecule has 0 bridgehead atoms. The van der Waals surface area contributed by atoms with Gasteiger partial charge in [-0.05, 0) is 123 Å². The van der Waals surface area contributed by atoms with Crippen molar-refractivity contribution in [3.63, 3.8) is 0 Å². The van der Waals surface area contributed by atoms with Crippen LogP contribution in [0.15, 0.2) is 186 Å². The first kappa shape index (κ1) is 37.2. The predicted molar refractivity (Wildman–Crippen MR) is 256 cm³/mol. The Balaban J connectivity index is 1.08. The van der Waals surface area contributed by atoms with E-state index in [9.17, 15) is 0 Å². The normalized spacial score (nSPS) is 19.1. The van der Waals surface area contributed by atoms with Gasteiger partial charge in [0.15, 0.2) is 5.84 Å². The fourth-order valence-corrected chi connectivity index (χ4v) is 9.98. The molecule has 1 N–H and O–H groups in total. The molecule has 0 amide bonds. The minimum absolute atomic E-state index is 0.0822. The molecule has 7 aromatic carbocycles. The molecule has 3 aliphatic rings. The van der Waals surface area contributed by atoms with Crippen LogP contribution in [0.3, 0.4) is 0 Å². The van der Waals surface area contributed by atoms with E-state index in [1.165, 1.54) is 73.2 Å². The van der Waals surface area contributed by atoms with Crippen LogP contribution in [0.1, 0.15) is 92.4 Å². The third kappa shape index (κ3) is 6.62. The van der Waals surface area contributed by atoms with Gasteiger partial charge in [0.25, 0.3) is 0 Å². The maximum atomic E-state index is 5.36. The summed E-state index contributed by atoms with van der Waals surface area (Å²) in [6.45, 7) is 9.69. The Morgan fingerprint density at radius 3 is 1.95 bits per heavy atom. The Hall–Kier alpha value is -6.78. The number of aliphatic imine (C=N–C) groups is 2. The van der Waals surface area contributed by atoms with Crippen LogP contribution in [-0.4, -0.2) is 16.2 Å². The summed E-state index contributed by atoms with van der Waals surface area (Å²) in [5.41, 5.74) is 13.5. The maximum absolute atomic E-state index is 5.36. The molecule has 0 saturated heterocycles. The number of aromatic nitrogens is 1. The summed E-state index contributed by atoms with van der Waals surface area (Å²) < 4.78 is 2.50. The molecule has 0 fully saturated rings. The molecule has 2 unspecified atom stereocenters. The van der Waals surface area contributed by atoms with Gasteiger partial charge in [-0.1, -0.05) is 155 Å². The molecule has 0 radical (unpaired) electrons. The lowest BCUT2D eigenvalue weighted by atomic mass is 9.63. The fourth-order valence-electron chi connectivity index (χ4n) is 9.98. The number of nitrogens with one attached hydrogen (secondary N) is 1. The first-order valence-corrected chi connectivity index (χ1v) is 21.8. The highest BCUT2D eigenvalue weighted by Gasteiger charge is 2.38. The van der Waals surface area contributed by atoms with Crippen LogP contribution < -0.4 is 5.32 Å². The largest absolute Gasteiger partial charge is 0.344 e. The molecule has 0 saturated carbocycles. The monoisotopic (exact) mass is 790 g/mol. The van der Waals surface area contributed by atoms with Crippen LogP contribution in [0.5, 0.6) is 0 Å². The van der Waals surface area contributed by atoms with E-state index in [0.29, 0.717) is 0 Å². The summed E-state index contributed by atoms with van der Waals surface area (Å²) >= 11 is 0. The summed E-state index contributed by atoms with van der Waals surface area (Å²) in [5.74, 6) is 1.83. The molecule has 0 spiro atoms. The number of fused-ring (bicyclic) bond motifs is 5. The molecule has 8 aromatic rings. The van der Waals surface area contributed by atoms with Crippen LogP contribution in [0.2, 0.25) is 0 Å². The molecule has 1 aliphatic heterocycles. The highest BCUT2D eigenvalue weighted by Crippen LogP contribution is 2.49. The molecule has 2 atom stereocenters. The van der Waals surface area contributed by atoms with Crippen molar-refractivity contribution in [2.45, 2.75) is 69.9 Å². The van der Waals surface area contributed by atoms with E-state index in [1.54, 1.807) is 0 Å². The third-order valence-electron chi connectivity index (χ3n) is 13.6. The number of rotatable bonds is 6. The zero-order valence-corrected chi connectivity index (χ0v) is 35.4. The van der Waals surface area contributed by atoms with E-state index in [1.807, 2.05) is 6.07 Å². The number of allylic oxidation sites excluding steroid dienone is 4. The first-order valence-electron chi connectivity index (χ1n) is 21.8. The summed E-state index contributed by atoms with van der Waals surface area (Å²) in [6, 6.07) is 55.6. The summed E-state index contributed by atoms with van der Waals surface area (Å²) in [6.07, 6.45) is 11.8. The smallest absolute Gasteiger partial charge is 0.159 e. The highest BCUT2D eigenvalue weighted by atomic mass is 15.2.